The van der Waals surface area contributed by atoms with Crippen LogP contribution in [-0.2, 0) is 0 Å². The third-order valence-corrected chi connectivity index (χ3v) is 3.18. The van der Waals surface area contributed by atoms with Crippen molar-refractivity contribution >= 4 is 12.1 Å². The number of hydrogen-bond donors (Lipinski definition) is 0. The molecule has 1 rings (SSSR count). The predicted molar refractivity (Wildman–Crippen MR) is 80.7 cm³/mol. The Morgan fingerprint density at radius 3 is 2.05 bits per heavy atom. The van der Waals surface area contributed by atoms with Crippen molar-refractivity contribution in [3.05, 3.63) is 23.9 Å². The molecule has 0 fully saturated rings. The van der Waals surface area contributed by atoms with Crippen LogP contribution in [0.1, 0.15) is 50.9 Å². The molecule has 1 aromatic heterocycles. The van der Waals surface area contributed by atoms with Crippen LogP contribution in [0.5, 0.6) is 0 Å². The van der Waals surface area contributed by atoms with Gasteiger partial charge in [0, 0.05) is 24.8 Å². The van der Waals surface area contributed by atoms with E-state index < -0.39 is 0 Å². The van der Waals surface area contributed by atoms with E-state index in [0.29, 0.717) is 17.4 Å². The van der Waals surface area contributed by atoms with E-state index in [-0.39, 0.29) is 0 Å². The summed E-state index contributed by atoms with van der Waals surface area (Å²) >= 11 is 0. The summed E-state index contributed by atoms with van der Waals surface area (Å²) in [4.78, 5) is 17.4. The number of anilines is 1. The van der Waals surface area contributed by atoms with E-state index in [1.165, 1.54) is 0 Å². The van der Waals surface area contributed by atoms with Gasteiger partial charge in [0.2, 0.25) is 0 Å². The fourth-order valence-electron chi connectivity index (χ4n) is 1.82. The van der Waals surface area contributed by atoms with Crippen LogP contribution in [0.25, 0.3) is 0 Å². The van der Waals surface area contributed by atoms with Crippen molar-refractivity contribution in [3.63, 3.8) is 0 Å². The molecular formula is C16H26N2O. The van der Waals surface area contributed by atoms with Gasteiger partial charge in [0.05, 0.1) is 0 Å². The number of carbonyl (C=O) groups excluding carboxylic acids is 1. The highest BCUT2D eigenvalue weighted by atomic mass is 16.1. The number of aromatic nitrogens is 1. The zero-order valence-corrected chi connectivity index (χ0v) is 12.6. The summed E-state index contributed by atoms with van der Waals surface area (Å²) in [5.74, 6) is 2.36. The van der Waals surface area contributed by atoms with Gasteiger partial charge in [-0.15, -0.1) is 0 Å². The van der Waals surface area contributed by atoms with Gasteiger partial charge in [0.25, 0.3) is 0 Å². The van der Waals surface area contributed by atoms with Gasteiger partial charge in [-0.1, -0.05) is 27.7 Å². The van der Waals surface area contributed by atoms with Crippen molar-refractivity contribution in [3.8, 4) is 0 Å². The summed E-state index contributed by atoms with van der Waals surface area (Å²) in [5.41, 5.74) is 0.636. The largest absolute Gasteiger partial charge is 0.357 e. The van der Waals surface area contributed by atoms with E-state index in [4.69, 9.17) is 0 Å². The van der Waals surface area contributed by atoms with Gasteiger partial charge in [0.1, 0.15) is 5.82 Å². The Bertz CT molecular complexity index is 359. The predicted octanol–water partition coefficient (Wildman–Crippen LogP) is 3.79. The van der Waals surface area contributed by atoms with Crippen molar-refractivity contribution in [1.82, 2.24) is 4.98 Å². The smallest absolute Gasteiger partial charge is 0.151 e. The Morgan fingerprint density at radius 1 is 1.11 bits per heavy atom. The average Bonchev–Trinajstić information content (AvgIpc) is 2.38. The molecule has 0 saturated heterocycles. The molecule has 1 aromatic rings. The molecule has 0 unspecified atom stereocenters. The van der Waals surface area contributed by atoms with Crippen LogP contribution in [0.15, 0.2) is 18.3 Å². The second-order valence-electron chi connectivity index (χ2n) is 5.92. The monoisotopic (exact) mass is 262 g/mol. The normalized spacial score (nSPS) is 11.1. The fraction of sp³-hybridized carbons (Fsp3) is 0.625. The molecule has 0 atom stereocenters. The molecule has 1 heterocycles. The number of carbonyl (C=O) groups is 1. The summed E-state index contributed by atoms with van der Waals surface area (Å²) in [7, 11) is 0. The van der Waals surface area contributed by atoms with Gasteiger partial charge in [-0.05, 0) is 36.8 Å². The SMILES string of the molecule is CC(C)CCN(CCC(C)C)c1ccc(C=O)cn1. The first kappa shape index (κ1) is 15.7. The number of aldehydes is 1. The standard InChI is InChI=1S/C16H26N2O/c1-13(2)7-9-18(10-8-14(3)4)16-6-5-15(12-19)11-17-16/h5-6,11-14H,7-10H2,1-4H3. The topological polar surface area (TPSA) is 33.2 Å². The van der Waals surface area contributed by atoms with E-state index in [0.717, 1.165) is 38.0 Å². The van der Waals surface area contributed by atoms with E-state index in [9.17, 15) is 4.79 Å². The van der Waals surface area contributed by atoms with Gasteiger partial charge < -0.3 is 4.90 Å². The number of nitrogens with zero attached hydrogens (tertiary/aromatic N) is 2. The summed E-state index contributed by atoms with van der Waals surface area (Å²) < 4.78 is 0. The number of rotatable bonds is 8. The van der Waals surface area contributed by atoms with Crippen molar-refractivity contribution in [2.75, 3.05) is 18.0 Å². The van der Waals surface area contributed by atoms with E-state index >= 15 is 0 Å². The van der Waals surface area contributed by atoms with Crippen LogP contribution in [0, 0.1) is 11.8 Å². The lowest BCUT2D eigenvalue weighted by Crippen LogP contribution is -2.28. The van der Waals surface area contributed by atoms with Crippen LogP contribution in [-0.4, -0.2) is 24.4 Å². The second kappa shape index (κ2) is 7.93. The van der Waals surface area contributed by atoms with Crippen molar-refractivity contribution in [2.24, 2.45) is 11.8 Å². The summed E-state index contributed by atoms with van der Waals surface area (Å²) in [6, 6.07) is 3.79. The highest BCUT2D eigenvalue weighted by Crippen LogP contribution is 2.15. The van der Waals surface area contributed by atoms with E-state index in [1.54, 1.807) is 6.20 Å². The molecular weight excluding hydrogens is 236 g/mol. The minimum Gasteiger partial charge on any atom is -0.357 e. The maximum atomic E-state index is 10.7. The quantitative estimate of drug-likeness (QED) is 0.668. The third-order valence-electron chi connectivity index (χ3n) is 3.18. The molecule has 0 bridgehead atoms. The third kappa shape index (κ3) is 5.86. The molecule has 19 heavy (non-hydrogen) atoms. The zero-order valence-electron chi connectivity index (χ0n) is 12.6. The molecule has 3 nitrogen and oxygen atoms in total. The Labute approximate surface area is 117 Å². The molecule has 0 aromatic carbocycles. The lowest BCUT2D eigenvalue weighted by Gasteiger charge is -2.25. The van der Waals surface area contributed by atoms with Crippen molar-refractivity contribution in [2.45, 2.75) is 40.5 Å². The maximum absolute atomic E-state index is 10.7. The summed E-state index contributed by atoms with van der Waals surface area (Å²) in [5, 5.41) is 0. The summed E-state index contributed by atoms with van der Waals surface area (Å²) in [6.07, 6.45) is 4.81. The van der Waals surface area contributed by atoms with Crippen LogP contribution < -0.4 is 4.90 Å². The van der Waals surface area contributed by atoms with E-state index in [1.807, 2.05) is 12.1 Å². The molecule has 0 aliphatic rings. The molecule has 0 amide bonds. The Balaban J connectivity index is 2.71. The van der Waals surface area contributed by atoms with Crippen LogP contribution in [0.4, 0.5) is 5.82 Å². The highest BCUT2D eigenvalue weighted by molar-refractivity contribution is 5.74. The van der Waals surface area contributed by atoms with Gasteiger partial charge in [0.15, 0.2) is 6.29 Å². The first-order valence-corrected chi connectivity index (χ1v) is 7.19. The molecule has 106 valence electrons. The van der Waals surface area contributed by atoms with E-state index in [2.05, 4.69) is 37.6 Å². The van der Waals surface area contributed by atoms with Gasteiger partial charge in [-0.25, -0.2) is 4.98 Å². The van der Waals surface area contributed by atoms with Crippen LogP contribution in [0.3, 0.4) is 0 Å². The molecule has 0 radical (unpaired) electrons. The van der Waals surface area contributed by atoms with Gasteiger partial charge in [-0.3, -0.25) is 4.79 Å². The molecule has 0 aliphatic carbocycles. The van der Waals surface area contributed by atoms with Gasteiger partial charge >= 0.3 is 0 Å². The fourth-order valence-corrected chi connectivity index (χ4v) is 1.82. The average molecular weight is 262 g/mol. The summed E-state index contributed by atoms with van der Waals surface area (Å²) in [6.45, 7) is 11.0. The van der Waals surface area contributed by atoms with Crippen LogP contribution >= 0.6 is 0 Å². The first-order chi connectivity index (χ1) is 9.02. The number of hydrogen-bond acceptors (Lipinski definition) is 3. The molecule has 0 aliphatic heterocycles. The Hall–Kier alpha value is -1.38. The Morgan fingerprint density at radius 2 is 1.68 bits per heavy atom. The van der Waals surface area contributed by atoms with Crippen molar-refractivity contribution in [1.29, 1.82) is 0 Å². The number of pyridine rings is 1. The lowest BCUT2D eigenvalue weighted by molar-refractivity contribution is 0.112. The maximum Gasteiger partial charge on any atom is 0.151 e. The minimum atomic E-state index is 0.636. The molecule has 0 N–H and O–H groups in total. The molecule has 0 spiro atoms. The molecule has 0 saturated carbocycles. The lowest BCUT2D eigenvalue weighted by atomic mass is 10.1. The van der Waals surface area contributed by atoms with Gasteiger partial charge in [-0.2, -0.15) is 0 Å². The zero-order chi connectivity index (χ0) is 14.3. The van der Waals surface area contributed by atoms with Crippen molar-refractivity contribution < 1.29 is 4.79 Å². The first-order valence-electron chi connectivity index (χ1n) is 7.19. The highest BCUT2D eigenvalue weighted by Gasteiger charge is 2.09. The van der Waals surface area contributed by atoms with Crippen LogP contribution in [0.2, 0.25) is 0 Å². The minimum absolute atomic E-state index is 0.636. The Kier molecular flexibility index (Phi) is 6.54. The second-order valence-corrected chi connectivity index (χ2v) is 5.92. The molecule has 3 heteroatoms.